The first-order chi connectivity index (χ1) is 13.6. The second-order valence-electron chi connectivity index (χ2n) is 6.41. The van der Waals surface area contributed by atoms with Gasteiger partial charge in [0, 0.05) is 17.9 Å². The molecule has 0 radical (unpaired) electrons. The lowest BCUT2D eigenvalue weighted by molar-refractivity contribution is -0.118. The molecular formula is C23H24N2O3. The lowest BCUT2D eigenvalue weighted by Gasteiger charge is -2.13. The summed E-state index contributed by atoms with van der Waals surface area (Å²) in [4.78, 5) is 12.1. The van der Waals surface area contributed by atoms with Crippen LogP contribution in [-0.2, 0) is 11.3 Å². The Balaban J connectivity index is 1.56. The Kier molecular flexibility index (Phi) is 6.52. The molecule has 28 heavy (non-hydrogen) atoms. The zero-order valence-electron chi connectivity index (χ0n) is 16.1. The summed E-state index contributed by atoms with van der Waals surface area (Å²) in [5, 5.41) is 6.16. The number of ether oxygens (including phenoxy) is 2. The van der Waals surface area contributed by atoms with Crippen LogP contribution in [0.5, 0.6) is 11.5 Å². The van der Waals surface area contributed by atoms with Crippen molar-refractivity contribution < 1.29 is 14.3 Å². The maximum Gasteiger partial charge on any atom is 0.262 e. The van der Waals surface area contributed by atoms with Crippen LogP contribution < -0.4 is 20.1 Å². The Morgan fingerprint density at radius 1 is 0.893 bits per heavy atom. The van der Waals surface area contributed by atoms with Gasteiger partial charge in [-0.3, -0.25) is 4.79 Å². The van der Waals surface area contributed by atoms with E-state index in [2.05, 4.69) is 10.6 Å². The van der Waals surface area contributed by atoms with Gasteiger partial charge in [0.05, 0.1) is 7.11 Å². The van der Waals surface area contributed by atoms with E-state index in [9.17, 15) is 4.79 Å². The largest absolute Gasteiger partial charge is 0.493 e. The van der Waals surface area contributed by atoms with Crippen LogP contribution in [-0.4, -0.2) is 19.6 Å². The minimum Gasteiger partial charge on any atom is -0.493 e. The average Bonchev–Trinajstić information content (AvgIpc) is 2.73. The quantitative estimate of drug-likeness (QED) is 0.602. The number of para-hydroxylation sites is 1. The fourth-order valence-corrected chi connectivity index (χ4v) is 2.68. The summed E-state index contributed by atoms with van der Waals surface area (Å²) < 4.78 is 11.1. The van der Waals surface area contributed by atoms with E-state index in [0.717, 1.165) is 22.5 Å². The second kappa shape index (κ2) is 9.46. The Bertz CT molecular complexity index is 909. The number of amides is 1. The van der Waals surface area contributed by atoms with Crippen molar-refractivity contribution in [3.8, 4) is 11.5 Å². The number of hydrogen-bond donors (Lipinski definition) is 2. The van der Waals surface area contributed by atoms with Crippen molar-refractivity contribution in [2.75, 3.05) is 24.4 Å². The highest BCUT2D eigenvalue weighted by atomic mass is 16.5. The van der Waals surface area contributed by atoms with Gasteiger partial charge >= 0.3 is 0 Å². The SMILES string of the molecule is COc1cc(CNc2ccccc2)ccc1OCC(=O)Nc1ccc(C)cc1. The molecule has 0 saturated heterocycles. The van der Waals surface area contributed by atoms with E-state index in [1.807, 2.05) is 79.7 Å². The van der Waals surface area contributed by atoms with E-state index in [0.29, 0.717) is 18.0 Å². The molecule has 0 spiro atoms. The maximum atomic E-state index is 12.1. The number of benzene rings is 3. The van der Waals surface area contributed by atoms with Gasteiger partial charge in [-0.2, -0.15) is 0 Å². The molecular weight excluding hydrogens is 352 g/mol. The number of nitrogens with one attached hydrogen (secondary N) is 2. The predicted octanol–water partition coefficient (Wildman–Crippen LogP) is 4.63. The average molecular weight is 376 g/mol. The van der Waals surface area contributed by atoms with Gasteiger partial charge in [-0.1, -0.05) is 42.0 Å². The third-order valence-electron chi connectivity index (χ3n) is 4.19. The molecule has 3 aromatic rings. The van der Waals surface area contributed by atoms with Crippen molar-refractivity contribution in [3.63, 3.8) is 0 Å². The summed E-state index contributed by atoms with van der Waals surface area (Å²) in [7, 11) is 1.59. The topological polar surface area (TPSA) is 59.6 Å². The molecule has 0 aliphatic rings. The highest BCUT2D eigenvalue weighted by Gasteiger charge is 2.09. The molecule has 0 fully saturated rings. The van der Waals surface area contributed by atoms with Crippen molar-refractivity contribution in [2.24, 2.45) is 0 Å². The molecule has 0 heterocycles. The van der Waals surface area contributed by atoms with Gasteiger partial charge in [-0.15, -0.1) is 0 Å². The Labute approximate surface area is 165 Å². The normalized spacial score (nSPS) is 10.2. The highest BCUT2D eigenvalue weighted by molar-refractivity contribution is 5.91. The van der Waals surface area contributed by atoms with E-state index in [4.69, 9.17) is 9.47 Å². The summed E-state index contributed by atoms with van der Waals surface area (Å²) in [6, 6.07) is 23.3. The molecule has 0 aliphatic carbocycles. The summed E-state index contributed by atoms with van der Waals surface area (Å²) in [5.41, 5.74) is 3.99. The van der Waals surface area contributed by atoms with Crippen LogP contribution >= 0.6 is 0 Å². The molecule has 2 N–H and O–H groups in total. The number of anilines is 2. The van der Waals surface area contributed by atoms with Gasteiger partial charge in [-0.05, 0) is 48.9 Å². The molecule has 0 bridgehead atoms. The zero-order chi connectivity index (χ0) is 19.8. The minimum atomic E-state index is -0.222. The van der Waals surface area contributed by atoms with Crippen molar-refractivity contribution in [3.05, 3.63) is 83.9 Å². The first-order valence-corrected chi connectivity index (χ1v) is 9.09. The van der Waals surface area contributed by atoms with E-state index in [1.54, 1.807) is 7.11 Å². The third-order valence-corrected chi connectivity index (χ3v) is 4.19. The first kappa shape index (κ1) is 19.3. The molecule has 3 rings (SSSR count). The summed E-state index contributed by atoms with van der Waals surface area (Å²) in [5.74, 6) is 0.904. The second-order valence-corrected chi connectivity index (χ2v) is 6.41. The lowest BCUT2D eigenvalue weighted by Crippen LogP contribution is -2.20. The van der Waals surface area contributed by atoms with Crippen LogP contribution in [0.2, 0.25) is 0 Å². The monoisotopic (exact) mass is 376 g/mol. The predicted molar refractivity (Wildman–Crippen MR) is 112 cm³/mol. The molecule has 144 valence electrons. The van der Waals surface area contributed by atoms with Crippen molar-refractivity contribution in [1.82, 2.24) is 0 Å². The van der Waals surface area contributed by atoms with Gasteiger partial charge in [0.1, 0.15) is 0 Å². The summed E-state index contributed by atoms with van der Waals surface area (Å²) >= 11 is 0. The molecule has 0 atom stereocenters. The third kappa shape index (κ3) is 5.51. The number of methoxy groups -OCH3 is 1. The number of rotatable bonds is 8. The molecule has 0 aliphatic heterocycles. The van der Waals surface area contributed by atoms with Crippen LogP contribution in [0.15, 0.2) is 72.8 Å². The van der Waals surface area contributed by atoms with Crippen molar-refractivity contribution in [1.29, 1.82) is 0 Å². The van der Waals surface area contributed by atoms with Crippen LogP contribution in [0.4, 0.5) is 11.4 Å². The Morgan fingerprint density at radius 2 is 1.64 bits per heavy atom. The molecule has 1 amide bonds. The summed E-state index contributed by atoms with van der Waals surface area (Å²) in [6.07, 6.45) is 0. The van der Waals surface area contributed by atoms with Gasteiger partial charge in [0.2, 0.25) is 0 Å². The van der Waals surface area contributed by atoms with Crippen LogP contribution in [0.3, 0.4) is 0 Å². The van der Waals surface area contributed by atoms with E-state index in [1.165, 1.54) is 0 Å². The van der Waals surface area contributed by atoms with Gasteiger partial charge in [0.15, 0.2) is 18.1 Å². The van der Waals surface area contributed by atoms with Crippen LogP contribution in [0.1, 0.15) is 11.1 Å². The Hall–Kier alpha value is -3.47. The van der Waals surface area contributed by atoms with Crippen LogP contribution in [0.25, 0.3) is 0 Å². The molecule has 5 nitrogen and oxygen atoms in total. The molecule has 3 aromatic carbocycles. The van der Waals surface area contributed by atoms with Gasteiger partial charge < -0.3 is 20.1 Å². The molecule has 0 aromatic heterocycles. The van der Waals surface area contributed by atoms with E-state index < -0.39 is 0 Å². The van der Waals surface area contributed by atoms with E-state index >= 15 is 0 Å². The van der Waals surface area contributed by atoms with Gasteiger partial charge in [-0.25, -0.2) is 0 Å². The smallest absolute Gasteiger partial charge is 0.262 e. The fourth-order valence-electron chi connectivity index (χ4n) is 2.68. The molecule has 5 heteroatoms. The standard InChI is InChI=1S/C23H24N2O3/c1-17-8-11-20(12-9-17)25-23(26)16-28-21-13-10-18(14-22(21)27-2)15-24-19-6-4-3-5-7-19/h3-14,24H,15-16H2,1-2H3,(H,25,26). The molecule has 0 unspecified atom stereocenters. The van der Waals surface area contributed by atoms with Crippen molar-refractivity contribution >= 4 is 17.3 Å². The number of aryl methyl sites for hydroxylation is 1. The number of hydrogen-bond acceptors (Lipinski definition) is 4. The molecule has 0 saturated carbocycles. The summed E-state index contributed by atoms with van der Waals surface area (Å²) in [6.45, 7) is 2.57. The highest BCUT2D eigenvalue weighted by Crippen LogP contribution is 2.28. The number of carbonyl (C=O) groups excluding carboxylic acids is 1. The van der Waals surface area contributed by atoms with Gasteiger partial charge in [0.25, 0.3) is 5.91 Å². The van der Waals surface area contributed by atoms with Crippen LogP contribution in [0, 0.1) is 6.92 Å². The fraction of sp³-hybridized carbons (Fsp3) is 0.174. The maximum absolute atomic E-state index is 12.1. The Morgan fingerprint density at radius 3 is 2.36 bits per heavy atom. The lowest BCUT2D eigenvalue weighted by atomic mass is 10.2. The first-order valence-electron chi connectivity index (χ1n) is 9.09. The number of carbonyl (C=O) groups is 1. The minimum absolute atomic E-state index is 0.0914. The van der Waals surface area contributed by atoms with Crippen molar-refractivity contribution in [2.45, 2.75) is 13.5 Å². The van der Waals surface area contributed by atoms with E-state index in [-0.39, 0.29) is 12.5 Å². The zero-order valence-corrected chi connectivity index (χ0v) is 16.1.